The van der Waals surface area contributed by atoms with Crippen molar-refractivity contribution in [3.8, 4) is 0 Å². The third kappa shape index (κ3) is 2.20. The molecule has 1 aliphatic rings. The smallest absolute Gasteiger partial charge is 0.293 e. The van der Waals surface area contributed by atoms with E-state index in [0.29, 0.717) is 29.4 Å². The molecule has 5 heteroatoms. The average molecular weight is 248 g/mol. The number of nitro benzene ring substituents is 1. The molecule has 1 heterocycles. The summed E-state index contributed by atoms with van der Waals surface area (Å²) in [5, 5.41) is 11.1. The predicted molar refractivity (Wildman–Crippen MR) is 69.0 cm³/mol. The molecular weight excluding hydrogens is 232 g/mol. The van der Waals surface area contributed by atoms with Crippen LogP contribution in [0.2, 0.25) is 0 Å². The van der Waals surface area contributed by atoms with Gasteiger partial charge in [-0.1, -0.05) is 13.8 Å². The SMILES string of the molecule is CC1CN(c2ccc(C=O)cc2[N+](=O)[O-])CC1C. The quantitative estimate of drug-likeness (QED) is 0.468. The van der Waals surface area contributed by atoms with Crippen LogP contribution >= 0.6 is 0 Å². The van der Waals surface area contributed by atoms with Gasteiger partial charge in [0.05, 0.1) is 4.92 Å². The first kappa shape index (κ1) is 12.5. The van der Waals surface area contributed by atoms with Crippen LogP contribution in [0.5, 0.6) is 0 Å². The van der Waals surface area contributed by atoms with E-state index >= 15 is 0 Å². The maximum atomic E-state index is 11.1. The molecule has 2 atom stereocenters. The van der Waals surface area contributed by atoms with Gasteiger partial charge in [-0.25, -0.2) is 0 Å². The van der Waals surface area contributed by atoms with E-state index in [0.717, 1.165) is 13.1 Å². The second kappa shape index (κ2) is 4.76. The molecule has 96 valence electrons. The van der Waals surface area contributed by atoms with Crippen LogP contribution < -0.4 is 4.90 Å². The normalized spacial score (nSPS) is 23.1. The number of hydrogen-bond acceptors (Lipinski definition) is 4. The monoisotopic (exact) mass is 248 g/mol. The van der Waals surface area contributed by atoms with Crippen LogP contribution in [-0.2, 0) is 0 Å². The minimum atomic E-state index is -0.421. The van der Waals surface area contributed by atoms with E-state index in [1.54, 1.807) is 12.1 Å². The van der Waals surface area contributed by atoms with Gasteiger partial charge in [-0.3, -0.25) is 14.9 Å². The molecule has 0 saturated carbocycles. The van der Waals surface area contributed by atoms with E-state index in [2.05, 4.69) is 13.8 Å². The summed E-state index contributed by atoms with van der Waals surface area (Å²) in [6.45, 7) is 5.94. The second-order valence-electron chi connectivity index (χ2n) is 4.98. The van der Waals surface area contributed by atoms with E-state index in [9.17, 15) is 14.9 Å². The molecular formula is C13H16N2O3. The highest BCUT2D eigenvalue weighted by molar-refractivity contribution is 5.79. The number of nitro groups is 1. The lowest BCUT2D eigenvalue weighted by atomic mass is 10.0. The van der Waals surface area contributed by atoms with Crippen LogP contribution in [0.15, 0.2) is 18.2 Å². The van der Waals surface area contributed by atoms with Gasteiger partial charge in [0, 0.05) is 24.7 Å². The van der Waals surface area contributed by atoms with Crippen LogP contribution in [0, 0.1) is 22.0 Å². The van der Waals surface area contributed by atoms with E-state index in [4.69, 9.17) is 0 Å². The molecule has 2 rings (SSSR count). The van der Waals surface area contributed by atoms with Gasteiger partial charge in [-0.05, 0) is 24.0 Å². The van der Waals surface area contributed by atoms with Crippen molar-refractivity contribution in [2.45, 2.75) is 13.8 Å². The van der Waals surface area contributed by atoms with Crippen molar-refractivity contribution in [2.75, 3.05) is 18.0 Å². The van der Waals surface area contributed by atoms with Gasteiger partial charge in [0.25, 0.3) is 5.69 Å². The van der Waals surface area contributed by atoms with Crippen molar-refractivity contribution in [1.29, 1.82) is 0 Å². The maximum Gasteiger partial charge on any atom is 0.293 e. The van der Waals surface area contributed by atoms with Gasteiger partial charge in [0.2, 0.25) is 0 Å². The number of hydrogen-bond donors (Lipinski definition) is 0. The van der Waals surface area contributed by atoms with Crippen molar-refractivity contribution < 1.29 is 9.72 Å². The molecule has 1 aromatic rings. The lowest BCUT2D eigenvalue weighted by Gasteiger charge is -2.18. The number of nitrogens with zero attached hydrogens (tertiary/aromatic N) is 2. The Hall–Kier alpha value is -1.91. The van der Waals surface area contributed by atoms with Gasteiger partial charge >= 0.3 is 0 Å². The summed E-state index contributed by atoms with van der Waals surface area (Å²) in [5.41, 5.74) is 0.966. The number of anilines is 1. The highest BCUT2D eigenvalue weighted by atomic mass is 16.6. The molecule has 0 radical (unpaired) electrons. The summed E-state index contributed by atoms with van der Waals surface area (Å²) in [7, 11) is 0. The Morgan fingerprint density at radius 3 is 2.44 bits per heavy atom. The second-order valence-corrected chi connectivity index (χ2v) is 4.98. The summed E-state index contributed by atoms with van der Waals surface area (Å²) < 4.78 is 0. The Labute approximate surface area is 106 Å². The summed E-state index contributed by atoms with van der Waals surface area (Å²) in [6, 6.07) is 4.64. The van der Waals surface area contributed by atoms with Crippen molar-refractivity contribution in [1.82, 2.24) is 0 Å². The van der Waals surface area contributed by atoms with Crippen molar-refractivity contribution in [3.63, 3.8) is 0 Å². The minimum Gasteiger partial charge on any atom is -0.365 e. The molecule has 1 saturated heterocycles. The number of rotatable bonds is 3. The predicted octanol–water partition coefficient (Wildman–Crippen LogP) is 2.50. The fourth-order valence-electron chi connectivity index (χ4n) is 2.35. The van der Waals surface area contributed by atoms with Gasteiger partial charge < -0.3 is 4.90 Å². The topological polar surface area (TPSA) is 63.5 Å². The van der Waals surface area contributed by atoms with Crippen LogP contribution in [0.3, 0.4) is 0 Å². The molecule has 5 nitrogen and oxygen atoms in total. The van der Waals surface area contributed by atoms with Crippen molar-refractivity contribution >= 4 is 17.7 Å². The zero-order chi connectivity index (χ0) is 13.3. The van der Waals surface area contributed by atoms with E-state index in [1.807, 2.05) is 4.90 Å². The Kier molecular flexibility index (Phi) is 3.32. The molecule has 2 unspecified atom stereocenters. The fraction of sp³-hybridized carbons (Fsp3) is 0.462. The Morgan fingerprint density at radius 2 is 1.94 bits per heavy atom. The zero-order valence-electron chi connectivity index (χ0n) is 10.5. The number of aldehydes is 1. The fourth-order valence-corrected chi connectivity index (χ4v) is 2.35. The zero-order valence-corrected chi connectivity index (χ0v) is 10.5. The molecule has 0 aromatic heterocycles. The molecule has 1 fully saturated rings. The van der Waals surface area contributed by atoms with E-state index in [1.165, 1.54) is 6.07 Å². The van der Waals surface area contributed by atoms with Crippen LogP contribution in [0.1, 0.15) is 24.2 Å². The summed E-state index contributed by atoms with van der Waals surface area (Å²) in [6.07, 6.45) is 0.631. The molecule has 0 amide bonds. The van der Waals surface area contributed by atoms with Crippen LogP contribution in [0.25, 0.3) is 0 Å². The molecule has 0 spiro atoms. The summed E-state index contributed by atoms with van der Waals surface area (Å²) in [4.78, 5) is 23.4. The molecule has 0 aliphatic carbocycles. The van der Waals surface area contributed by atoms with Crippen molar-refractivity contribution in [2.24, 2.45) is 11.8 Å². The van der Waals surface area contributed by atoms with Gasteiger partial charge in [0.1, 0.15) is 12.0 Å². The molecule has 0 bridgehead atoms. The summed E-state index contributed by atoms with van der Waals surface area (Å²) in [5.74, 6) is 1.05. The first-order valence-corrected chi connectivity index (χ1v) is 6.01. The van der Waals surface area contributed by atoms with Gasteiger partial charge in [0.15, 0.2) is 0 Å². The van der Waals surface area contributed by atoms with E-state index < -0.39 is 4.92 Å². The molecule has 0 N–H and O–H groups in total. The molecule has 1 aliphatic heterocycles. The highest BCUT2D eigenvalue weighted by Gasteiger charge is 2.30. The first-order chi connectivity index (χ1) is 8.52. The molecule has 18 heavy (non-hydrogen) atoms. The van der Waals surface area contributed by atoms with Crippen LogP contribution in [0.4, 0.5) is 11.4 Å². The first-order valence-electron chi connectivity index (χ1n) is 6.01. The highest BCUT2D eigenvalue weighted by Crippen LogP contribution is 2.34. The van der Waals surface area contributed by atoms with E-state index in [-0.39, 0.29) is 5.69 Å². The van der Waals surface area contributed by atoms with Crippen molar-refractivity contribution in [3.05, 3.63) is 33.9 Å². The third-order valence-electron chi connectivity index (χ3n) is 3.66. The Morgan fingerprint density at radius 1 is 1.33 bits per heavy atom. The summed E-state index contributed by atoms with van der Waals surface area (Å²) >= 11 is 0. The maximum absolute atomic E-state index is 11.1. The average Bonchev–Trinajstić information content (AvgIpc) is 2.68. The number of benzene rings is 1. The molecule has 1 aromatic carbocycles. The Balaban J connectivity index is 2.38. The number of carbonyl (C=O) groups is 1. The number of carbonyl (C=O) groups excluding carboxylic acids is 1. The van der Waals surface area contributed by atoms with Gasteiger partial charge in [-0.2, -0.15) is 0 Å². The lowest BCUT2D eigenvalue weighted by molar-refractivity contribution is -0.384. The third-order valence-corrected chi connectivity index (χ3v) is 3.66. The van der Waals surface area contributed by atoms with Crippen LogP contribution in [-0.4, -0.2) is 24.3 Å². The largest absolute Gasteiger partial charge is 0.365 e. The Bertz CT molecular complexity index is 477. The van der Waals surface area contributed by atoms with Gasteiger partial charge in [-0.15, -0.1) is 0 Å². The standard InChI is InChI=1S/C13H16N2O3/c1-9-6-14(7-10(9)2)12-4-3-11(8-16)5-13(12)15(17)18/h3-5,8-10H,6-7H2,1-2H3. The lowest BCUT2D eigenvalue weighted by Crippen LogP contribution is -2.20. The minimum absolute atomic E-state index is 0.0147.